The molecule has 1 N–H and O–H groups in total. The van der Waals surface area contributed by atoms with E-state index in [9.17, 15) is 14.7 Å². The van der Waals surface area contributed by atoms with Gasteiger partial charge in [-0.2, -0.15) is 0 Å². The molecule has 0 aromatic heterocycles. The van der Waals surface area contributed by atoms with Gasteiger partial charge < -0.3 is 14.7 Å². The van der Waals surface area contributed by atoms with Gasteiger partial charge in [-0.05, 0) is 31.7 Å². The number of nitrogens with zero attached hydrogens (tertiary/aromatic N) is 1. The van der Waals surface area contributed by atoms with Crippen LogP contribution < -0.4 is 0 Å². The number of hydrogen-bond donors (Lipinski definition) is 1. The summed E-state index contributed by atoms with van der Waals surface area (Å²) in [4.78, 5) is 25.5. The fourth-order valence-electron chi connectivity index (χ4n) is 2.61. The fraction of sp³-hybridized carbons (Fsp3) is 0.579. The number of amides is 1. The van der Waals surface area contributed by atoms with Crippen LogP contribution in [0.3, 0.4) is 0 Å². The maximum atomic E-state index is 12.5. The van der Waals surface area contributed by atoms with Crippen LogP contribution in [-0.2, 0) is 20.7 Å². The second-order valence-electron chi connectivity index (χ2n) is 6.00. The number of carbonyl (C=O) groups is 2. The lowest BCUT2D eigenvalue weighted by Crippen LogP contribution is -2.43. The van der Waals surface area contributed by atoms with Gasteiger partial charge in [-0.1, -0.05) is 36.8 Å². The summed E-state index contributed by atoms with van der Waals surface area (Å²) in [5, 5.41) is 9.49. The number of benzene rings is 1. The van der Waals surface area contributed by atoms with Crippen LogP contribution in [0, 0.1) is 6.92 Å². The Hall–Kier alpha value is -1.88. The highest BCUT2D eigenvalue weighted by Crippen LogP contribution is 2.12. The Bertz CT molecular complexity index is 509. The zero-order chi connectivity index (χ0) is 17.9. The number of aryl methyl sites for hydroxylation is 2. The second-order valence-corrected chi connectivity index (χ2v) is 6.00. The van der Waals surface area contributed by atoms with Crippen LogP contribution >= 0.6 is 0 Å². The molecule has 5 nitrogen and oxygen atoms in total. The van der Waals surface area contributed by atoms with Gasteiger partial charge in [0.25, 0.3) is 0 Å². The van der Waals surface area contributed by atoms with E-state index in [0.29, 0.717) is 12.8 Å². The van der Waals surface area contributed by atoms with Crippen LogP contribution in [0.1, 0.15) is 43.7 Å². The number of carbonyl (C=O) groups excluding carboxylic acids is 2. The Morgan fingerprint density at radius 2 is 1.88 bits per heavy atom. The molecule has 0 saturated heterocycles. The zero-order valence-electron chi connectivity index (χ0n) is 15.0. The molecule has 0 saturated carbocycles. The van der Waals surface area contributed by atoms with Crippen LogP contribution in [-0.4, -0.2) is 48.2 Å². The topological polar surface area (TPSA) is 66.8 Å². The van der Waals surface area contributed by atoms with Gasteiger partial charge in [0.2, 0.25) is 5.91 Å². The molecule has 0 aliphatic carbocycles. The molecular weight excluding hydrogens is 306 g/mol. The average molecular weight is 335 g/mol. The number of aliphatic hydroxyl groups excluding tert-OH is 1. The minimum Gasteiger partial charge on any atom is -0.469 e. The van der Waals surface area contributed by atoms with Crippen LogP contribution in [0.25, 0.3) is 0 Å². The summed E-state index contributed by atoms with van der Waals surface area (Å²) in [6.07, 6.45) is 2.80. The van der Waals surface area contributed by atoms with Crippen LogP contribution in [0.2, 0.25) is 0 Å². The smallest absolute Gasteiger partial charge is 0.307 e. The fourth-order valence-corrected chi connectivity index (χ4v) is 2.61. The predicted molar refractivity (Wildman–Crippen MR) is 93.6 cm³/mol. The van der Waals surface area contributed by atoms with Gasteiger partial charge in [-0.3, -0.25) is 9.59 Å². The molecule has 1 rings (SSSR count). The third-order valence-corrected chi connectivity index (χ3v) is 4.20. The Morgan fingerprint density at radius 3 is 2.42 bits per heavy atom. The molecule has 134 valence electrons. The SMILES string of the molecule is CCC(CO)N(CCC(=O)OC)C(=O)CCCc1ccc(C)cc1. The molecule has 1 aromatic carbocycles. The summed E-state index contributed by atoms with van der Waals surface area (Å²) in [5.41, 5.74) is 2.43. The van der Waals surface area contributed by atoms with E-state index in [1.807, 2.05) is 13.8 Å². The minimum atomic E-state index is -0.347. The monoisotopic (exact) mass is 335 g/mol. The molecule has 24 heavy (non-hydrogen) atoms. The molecule has 0 heterocycles. The Balaban J connectivity index is 2.55. The third kappa shape index (κ3) is 6.71. The molecule has 1 amide bonds. The number of esters is 1. The highest BCUT2D eigenvalue weighted by Gasteiger charge is 2.22. The van der Waals surface area contributed by atoms with E-state index in [1.165, 1.54) is 18.2 Å². The van der Waals surface area contributed by atoms with Crippen molar-refractivity contribution in [2.24, 2.45) is 0 Å². The Kier molecular flexibility index (Phi) is 9.08. The number of ether oxygens (including phenoxy) is 1. The average Bonchev–Trinajstić information content (AvgIpc) is 2.59. The van der Waals surface area contributed by atoms with Gasteiger partial charge in [0.05, 0.1) is 26.2 Å². The summed E-state index contributed by atoms with van der Waals surface area (Å²) in [6, 6.07) is 8.05. The number of rotatable bonds is 10. The molecule has 1 aromatic rings. The van der Waals surface area contributed by atoms with Gasteiger partial charge in [0, 0.05) is 13.0 Å². The Labute approximate surface area is 144 Å². The summed E-state index contributed by atoms with van der Waals surface area (Å²) < 4.78 is 4.64. The first kappa shape index (κ1) is 20.2. The minimum absolute atomic E-state index is 0.0214. The third-order valence-electron chi connectivity index (χ3n) is 4.20. The van der Waals surface area contributed by atoms with Crippen molar-refractivity contribution < 1.29 is 19.4 Å². The van der Waals surface area contributed by atoms with Crippen molar-refractivity contribution in [3.63, 3.8) is 0 Å². The highest BCUT2D eigenvalue weighted by atomic mass is 16.5. The molecular formula is C19H29NO4. The molecule has 1 unspecified atom stereocenters. The molecule has 0 radical (unpaired) electrons. The van der Waals surface area contributed by atoms with Crippen molar-refractivity contribution in [3.05, 3.63) is 35.4 Å². The second kappa shape index (κ2) is 10.8. The maximum absolute atomic E-state index is 12.5. The van der Waals surface area contributed by atoms with E-state index < -0.39 is 0 Å². The number of hydrogen-bond acceptors (Lipinski definition) is 4. The summed E-state index contributed by atoms with van der Waals surface area (Å²) in [6.45, 7) is 4.16. The van der Waals surface area contributed by atoms with E-state index in [-0.39, 0.29) is 37.5 Å². The first-order chi connectivity index (χ1) is 11.5. The quantitative estimate of drug-likeness (QED) is 0.667. The van der Waals surface area contributed by atoms with Crippen molar-refractivity contribution in [1.82, 2.24) is 4.90 Å². The zero-order valence-corrected chi connectivity index (χ0v) is 15.0. The lowest BCUT2D eigenvalue weighted by atomic mass is 10.1. The van der Waals surface area contributed by atoms with Gasteiger partial charge in [-0.25, -0.2) is 0 Å². The highest BCUT2D eigenvalue weighted by molar-refractivity contribution is 5.77. The van der Waals surface area contributed by atoms with E-state index in [2.05, 4.69) is 29.0 Å². The van der Waals surface area contributed by atoms with Crippen LogP contribution in [0.15, 0.2) is 24.3 Å². The van der Waals surface area contributed by atoms with Gasteiger partial charge in [0.15, 0.2) is 0 Å². The van der Waals surface area contributed by atoms with Crippen molar-refractivity contribution in [3.8, 4) is 0 Å². The predicted octanol–water partition coefficient (Wildman–Crippen LogP) is 2.48. The van der Waals surface area contributed by atoms with Gasteiger partial charge in [0.1, 0.15) is 0 Å². The first-order valence-corrected chi connectivity index (χ1v) is 8.54. The largest absolute Gasteiger partial charge is 0.469 e. The van der Waals surface area contributed by atoms with Gasteiger partial charge in [-0.15, -0.1) is 0 Å². The normalized spacial score (nSPS) is 11.8. The lowest BCUT2D eigenvalue weighted by molar-refractivity contribution is -0.142. The van der Waals surface area contributed by atoms with E-state index >= 15 is 0 Å². The van der Waals surface area contributed by atoms with Crippen molar-refractivity contribution >= 4 is 11.9 Å². The van der Waals surface area contributed by atoms with Crippen molar-refractivity contribution in [2.45, 2.75) is 52.0 Å². The van der Waals surface area contributed by atoms with Crippen LogP contribution in [0.5, 0.6) is 0 Å². The standard InChI is InChI=1S/C19H29NO4/c1-4-17(14-21)20(13-12-19(23)24-3)18(22)7-5-6-16-10-8-15(2)9-11-16/h8-11,17,21H,4-7,12-14H2,1-3H3. The molecule has 5 heteroatoms. The van der Waals surface area contributed by atoms with E-state index in [0.717, 1.165) is 12.8 Å². The molecule has 1 atom stereocenters. The summed E-state index contributed by atoms with van der Waals surface area (Å²) in [7, 11) is 1.33. The summed E-state index contributed by atoms with van der Waals surface area (Å²) in [5.74, 6) is -0.368. The maximum Gasteiger partial charge on any atom is 0.307 e. The Morgan fingerprint density at radius 1 is 1.21 bits per heavy atom. The van der Waals surface area contributed by atoms with E-state index in [1.54, 1.807) is 4.90 Å². The van der Waals surface area contributed by atoms with Crippen molar-refractivity contribution in [1.29, 1.82) is 0 Å². The lowest BCUT2D eigenvalue weighted by Gasteiger charge is -2.29. The molecule has 0 spiro atoms. The first-order valence-electron chi connectivity index (χ1n) is 8.54. The van der Waals surface area contributed by atoms with E-state index in [4.69, 9.17) is 0 Å². The number of methoxy groups -OCH3 is 1. The molecule has 0 aliphatic rings. The molecule has 0 aliphatic heterocycles. The number of aliphatic hydroxyl groups is 1. The van der Waals surface area contributed by atoms with Crippen molar-refractivity contribution in [2.75, 3.05) is 20.3 Å². The van der Waals surface area contributed by atoms with Gasteiger partial charge >= 0.3 is 5.97 Å². The molecule has 0 fully saturated rings. The van der Waals surface area contributed by atoms with Crippen LogP contribution in [0.4, 0.5) is 0 Å². The molecule has 0 bridgehead atoms. The summed E-state index contributed by atoms with van der Waals surface area (Å²) >= 11 is 0.